The number of benzene rings is 1. The summed E-state index contributed by atoms with van der Waals surface area (Å²) < 4.78 is 11.1. The number of ether oxygens (including phenoxy) is 1. The topological polar surface area (TPSA) is 54.7 Å². The van der Waals surface area contributed by atoms with Crippen LogP contribution in [0, 0.1) is 6.92 Å². The number of carbonyl (C=O) groups excluding carboxylic acids is 1. The maximum absolute atomic E-state index is 12.7. The summed E-state index contributed by atoms with van der Waals surface area (Å²) in [6, 6.07) is 6.01. The van der Waals surface area contributed by atoms with Gasteiger partial charge in [0.25, 0.3) is 5.91 Å². The molecule has 5 nitrogen and oxygen atoms in total. The highest BCUT2D eigenvalue weighted by Crippen LogP contribution is 2.32. The number of nitrogens with one attached hydrogen (secondary N) is 1. The number of hydrogen-bond acceptors (Lipinski definition) is 4. The Balaban J connectivity index is 2.00. The predicted octanol–water partition coefficient (Wildman–Crippen LogP) is 2.18. The van der Waals surface area contributed by atoms with Gasteiger partial charge in [0, 0.05) is 36.6 Å². The zero-order valence-corrected chi connectivity index (χ0v) is 12.6. The minimum absolute atomic E-state index is 0.0425. The van der Waals surface area contributed by atoms with E-state index in [-0.39, 0.29) is 5.91 Å². The van der Waals surface area contributed by atoms with Gasteiger partial charge in [0.15, 0.2) is 17.1 Å². The van der Waals surface area contributed by atoms with Crippen molar-refractivity contribution in [2.45, 2.75) is 19.9 Å². The average Bonchev–Trinajstić information content (AvgIpc) is 2.84. The number of aryl methyl sites for hydroxylation is 1. The summed E-state index contributed by atoms with van der Waals surface area (Å²) >= 11 is 0. The first-order chi connectivity index (χ1) is 10.1. The van der Waals surface area contributed by atoms with Crippen molar-refractivity contribution in [1.82, 2.24) is 10.2 Å². The van der Waals surface area contributed by atoms with E-state index in [9.17, 15) is 4.79 Å². The molecular formula is C16H20N2O3. The van der Waals surface area contributed by atoms with Crippen LogP contribution in [-0.4, -0.2) is 43.6 Å². The highest BCUT2D eigenvalue weighted by atomic mass is 16.5. The average molecular weight is 288 g/mol. The molecule has 1 aromatic carbocycles. The van der Waals surface area contributed by atoms with Crippen LogP contribution in [0.4, 0.5) is 0 Å². The largest absolute Gasteiger partial charge is 0.493 e. The summed E-state index contributed by atoms with van der Waals surface area (Å²) in [5.41, 5.74) is 1.52. The monoisotopic (exact) mass is 288 g/mol. The smallest absolute Gasteiger partial charge is 0.289 e. The van der Waals surface area contributed by atoms with Crippen molar-refractivity contribution in [1.29, 1.82) is 0 Å². The number of fused-ring (bicyclic) bond motifs is 1. The molecule has 0 spiro atoms. The van der Waals surface area contributed by atoms with E-state index >= 15 is 0 Å². The zero-order valence-electron chi connectivity index (χ0n) is 12.6. The van der Waals surface area contributed by atoms with Gasteiger partial charge < -0.3 is 19.4 Å². The number of carbonyl (C=O) groups is 1. The van der Waals surface area contributed by atoms with Gasteiger partial charge in [-0.2, -0.15) is 0 Å². The summed E-state index contributed by atoms with van der Waals surface area (Å²) in [6.07, 6.45) is 0. The van der Waals surface area contributed by atoms with E-state index in [0.29, 0.717) is 36.2 Å². The maximum Gasteiger partial charge on any atom is 0.289 e. The minimum atomic E-state index is -0.0425. The molecule has 0 aliphatic carbocycles. The fourth-order valence-electron chi connectivity index (χ4n) is 2.84. The van der Waals surface area contributed by atoms with Crippen LogP contribution in [0.1, 0.15) is 23.0 Å². The second-order valence-electron chi connectivity index (χ2n) is 5.50. The highest BCUT2D eigenvalue weighted by Gasteiger charge is 2.27. The van der Waals surface area contributed by atoms with Crippen LogP contribution in [-0.2, 0) is 0 Å². The van der Waals surface area contributed by atoms with Gasteiger partial charge >= 0.3 is 0 Å². The van der Waals surface area contributed by atoms with Crippen LogP contribution in [0.15, 0.2) is 22.6 Å². The van der Waals surface area contributed by atoms with Crippen LogP contribution in [0.25, 0.3) is 11.0 Å². The standard InChI is InChI=1S/C16H20N2O3/c1-10-9-18(8-7-17-10)16(19)14-11(2)12-5-4-6-13(20-3)15(12)21-14/h4-6,10,17H,7-9H2,1-3H3. The number of hydrogen-bond donors (Lipinski definition) is 1. The number of piperazine rings is 1. The molecule has 0 bridgehead atoms. The van der Waals surface area contributed by atoms with Gasteiger partial charge in [-0.15, -0.1) is 0 Å². The lowest BCUT2D eigenvalue weighted by atomic mass is 10.1. The molecule has 1 aliphatic heterocycles. The number of amides is 1. The Morgan fingerprint density at radius 1 is 1.48 bits per heavy atom. The van der Waals surface area contributed by atoms with Crippen LogP contribution >= 0.6 is 0 Å². The molecule has 112 valence electrons. The fraction of sp³-hybridized carbons (Fsp3) is 0.438. The summed E-state index contributed by atoms with van der Waals surface area (Å²) in [5.74, 6) is 1.03. The van der Waals surface area contributed by atoms with Crippen molar-refractivity contribution in [3.05, 3.63) is 29.5 Å². The van der Waals surface area contributed by atoms with Crippen molar-refractivity contribution in [3.8, 4) is 5.75 Å². The molecule has 0 radical (unpaired) electrons. The van der Waals surface area contributed by atoms with Crippen molar-refractivity contribution >= 4 is 16.9 Å². The molecule has 2 aromatic rings. The van der Waals surface area contributed by atoms with E-state index < -0.39 is 0 Å². The lowest BCUT2D eigenvalue weighted by Crippen LogP contribution is -2.51. The molecule has 1 saturated heterocycles. The minimum Gasteiger partial charge on any atom is -0.493 e. The Labute approximate surface area is 123 Å². The van der Waals surface area contributed by atoms with Crippen molar-refractivity contribution < 1.29 is 13.9 Å². The summed E-state index contributed by atoms with van der Waals surface area (Å²) in [4.78, 5) is 14.5. The third-order valence-electron chi connectivity index (χ3n) is 4.00. The molecule has 3 rings (SSSR count). The summed E-state index contributed by atoms with van der Waals surface area (Å²) in [5, 5.41) is 4.26. The first-order valence-corrected chi connectivity index (χ1v) is 7.20. The molecule has 5 heteroatoms. The van der Waals surface area contributed by atoms with Gasteiger partial charge in [0.05, 0.1) is 7.11 Å². The Hall–Kier alpha value is -2.01. The molecule has 1 aromatic heterocycles. The first-order valence-electron chi connectivity index (χ1n) is 7.20. The Kier molecular flexibility index (Phi) is 3.59. The quantitative estimate of drug-likeness (QED) is 0.920. The fourth-order valence-corrected chi connectivity index (χ4v) is 2.84. The van der Waals surface area contributed by atoms with Crippen molar-refractivity contribution in [3.63, 3.8) is 0 Å². The molecule has 0 saturated carbocycles. The normalized spacial score (nSPS) is 19.0. The summed E-state index contributed by atoms with van der Waals surface area (Å²) in [6.45, 7) is 6.22. The van der Waals surface area contributed by atoms with Crippen molar-refractivity contribution in [2.75, 3.05) is 26.7 Å². The number of rotatable bonds is 2. The highest BCUT2D eigenvalue weighted by molar-refractivity contribution is 6.00. The number of furan rings is 1. The van der Waals surface area contributed by atoms with Gasteiger partial charge in [0.1, 0.15) is 0 Å². The third kappa shape index (κ3) is 2.38. The molecule has 21 heavy (non-hydrogen) atoms. The van der Waals surface area contributed by atoms with Gasteiger partial charge in [-0.3, -0.25) is 4.79 Å². The van der Waals surface area contributed by atoms with Gasteiger partial charge in [-0.05, 0) is 19.9 Å². The number of nitrogens with zero attached hydrogens (tertiary/aromatic N) is 1. The molecule has 1 N–H and O–H groups in total. The molecule has 1 atom stereocenters. The van der Waals surface area contributed by atoms with Crippen LogP contribution in [0.5, 0.6) is 5.75 Å². The van der Waals surface area contributed by atoms with E-state index in [4.69, 9.17) is 9.15 Å². The first kappa shape index (κ1) is 13.9. The van der Waals surface area contributed by atoms with E-state index in [0.717, 1.165) is 17.5 Å². The number of methoxy groups -OCH3 is 1. The van der Waals surface area contributed by atoms with E-state index in [1.165, 1.54) is 0 Å². The summed E-state index contributed by atoms with van der Waals surface area (Å²) in [7, 11) is 1.60. The van der Waals surface area contributed by atoms with Crippen LogP contribution in [0.3, 0.4) is 0 Å². The molecule has 1 unspecified atom stereocenters. The SMILES string of the molecule is COc1cccc2c(C)c(C(=O)N3CCNC(C)C3)oc12. The molecule has 1 amide bonds. The maximum atomic E-state index is 12.7. The second kappa shape index (κ2) is 5.41. The van der Waals surface area contributed by atoms with Crippen LogP contribution < -0.4 is 10.1 Å². The Bertz CT molecular complexity index is 677. The molecule has 1 fully saturated rings. The van der Waals surface area contributed by atoms with Gasteiger partial charge in [0.2, 0.25) is 0 Å². The van der Waals surface area contributed by atoms with Crippen LogP contribution in [0.2, 0.25) is 0 Å². The Morgan fingerprint density at radius 3 is 3.00 bits per heavy atom. The predicted molar refractivity (Wildman–Crippen MR) is 80.9 cm³/mol. The zero-order chi connectivity index (χ0) is 15.0. The number of para-hydroxylation sites is 1. The van der Waals surface area contributed by atoms with Crippen molar-refractivity contribution in [2.24, 2.45) is 0 Å². The van der Waals surface area contributed by atoms with Gasteiger partial charge in [-0.25, -0.2) is 0 Å². The molecular weight excluding hydrogens is 268 g/mol. The molecule has 1 aliphatic rings. The van der Waals surface area contributed by atoms with E-state index in [1.807, 2.05) is 30.0 Å². The van der Waals surface area contributed by atoms with Gasteiger partial charge in [-0.1, -0.05) is 12.1 Å². The third-order valence-corrected chi connectivity index (χ3v) is 4.00. The Morgan fingerprint density at radius 2 is 2.29 bits per heavy atom. The lowest BCUT2D eigenvalue weighted by Gasteiger charge is -2.31. The van der Waals surface area contributed by atoms with E-state index in [1.54, 1.807) is 7.11 Å². The second-order valence-corrected chi connectivity index (χ2v) is 5.50. The van der Waals surface area contributed by atoms with E-state index in [2.05, 4.69) is 12.2 Å². The molecule has 2 heterocycles. The lowest BCUT2D eigenvalue weighted by molar-refractivity contribution is 0.0678.